The molecule has 0 aromatic heterocycles. The predicted molar refractivity (Wildman–Crippen MR) is 92.3 cm³/mol. The smallest absolute Gasteiger partial charge is 0.0521 e. The van der Waals surface area contributed by atoms with Crippen molar-refractivity contribution in [3.63, 3.8) is 0 Å². The fourth-order valence-electron chi connectivity index (χ4n) is 1.99. The molecule has 0 radical (unpaired) electrons. The van der Waals surface area contributed by atoms with Crippen molar-refractivity contribution in [2.75, 3.05) is 38.0 Å². The summed E-state index contributed by atoms with van der Waals surface area (Å²) in [6.07, 6.45) is 0. The van der Waals surface area contributed by atoms with Gasteiger partial charge in [-0.05, 0) is 35.4 Å². The lowest BCUT2D eigenvalue weighted by Crippen LogP contribution is -2.09. The average molecular weight is 284 g/mol. The highest BCUT2D eigenvalue weighted by Gasteiger charge is 2.05. The van der Waals surface area contributed by atoms with E-state index in [0.29, 0.717) is 0 Å². The summed E-state index contributed by atoms with van der Waals surface area (Å²) in [4.78, 5) is 5.05. The molecule has 0 heterocycles. The van der Waals surface area contributed by atoms with E-state index in [9.17, 15) is 0 Å². The number of hydrogen-bond donors (Lipinski definition) is 0. The summed E-state index contributed by atoms with van der Waals surface area (Å²) in [7, 11) is 8.14. The molecule has 20 heavy (non-hydrogen) atoms. The lowest BCUT2D eigenvalue weighted by molar-refractivity contribution is 1.13. The topological polar surface area (TPSA) is 6.48 Å². The van der Waals surface area contributed by atoms with Crippen molar-refractivity contribution in [1.82, 2.24) is 0 Å². The number of rotatable bonds is 4. The number of hydrogen-bond acceptors (Lipinski definition) is 3. The van der Waals surface area contributed by atoms with E-state index in [-0.39, 0.29) is 0 Å². The van der Waals surface area contributed by atoms with Crippen LogP contribution in [0.5, 0.6) is 0 Å². The van der Waals surface area contributed by atoms with Crippen LogP contribution in [0.15, 0.2) is 48.5 Å². The molecule has 0 aliphatic rings. The zero-order valence-electron chi connectivity index (χ0n) is 12.4. The van der Waals surface area contributed by atoms with Gasteiger partial charge in [0.05, 0.1) is 4.86 Å². The van der Waals surface area contributed by atoms with Gasteiger partial charge in [-0.3, -0.25) is 0 Å². The lowest BCUT2D eigenvalue weighted by Gasteiger charge is -2.14. The Kier molecular flexibility index (Phi) is 4.40. The Morgan fingerprint density at radius 3 is 1.20 bits per heavy atom. The standard InChI is InChI=1S/C17H20N2S/c1-18(2)15-9-5-13(6-10-15)17(20)14-7-11-16(12-8-14)19(3)4/h5-12H,1-4H3. The van der Waals surface area contributed by atoms with Crippen LogP contribution in [-0.2, 0) is 0 Å². The molecule has 3 heteroatoms. The molecule has 0 amide bonds. The molecule has 2 aromatic carbocycles. The summed E-state index contributed by atoms with van der Waals surface area (Å²) < 4.78 is 0. The van der Waals surface area contributed by atoms with Crippen molar-refractivity contribution in [3.8, 4) is 0 Å². The Bertz CT molecular complexity index is 530. The van der Waals surface area contributed by atoms with Gasteiger partial charge in [-0.25, -0.2) is 0 Å². The summed E-state index contributed by atoms with van der Waals surface area (Å²) in [6.45, 7) is 0. The number of anilines is 2. The van der Waals surface area contributed by atoms with E-state index in [1.807, 2.05) is 28.2 Å². The Labute approximate surface area is 126 Å². The maximum atomic E-state index is 5.58. The predicted octanol–water partition coefficient (Wildman–Crippen LogP) is 3.58. The van der Waals surface area contributed by atoms with Crippen molar-refractivity contribution < 1.29 is 0 Å². The van der Waals surface area contributed by atoms with Gasteiger partial charge in [-0.2, -0.15) is 0 Å². The van der Waals surface area contributed by atoms with Crippen molar-refractivity contribution in [2.45, 2.75) is 0 Å². The summed E-state index contributed by atoms with van der Waals surface area (Å²) >= 11 is 5.58. The molecule has 104 valence electrons. The van der Waals surface area contributed by atoms with E-state index in [0.717, 1.165) is 16.0 Å². The zero-order valence-corrected chi connectivity index (χ0v) is 13.2. The van der Waals surface area contributed by atoms with Gasteiger partial charge in [-0.15, -0.1) is 0 Å². The fraction of sp³-hybridized carbons (Fsp3) is 0.235. The molecule has 2 aromatic rings. The molecule has 0 fully saturated rings. The second kappa shape index (κ2) is 6.06. The normalized spacial score (nSPS) is 10.2. The first kappa shape index (κ1) is 14.5. The van der Waals surface area contributed by atoms with Gasteiger partial charge in [0, 0.05) is 39.6 Å². The van der Waals surface area contributed by atoms with Gasteiger partial charge in [0.1, 0.15) is 0 Å². The number of nitrogens with zero attached hydrogens (tertiary/aromatic N) is 2. The molecule has 2 nitrogen and oxygen atoms in total. The van der Waals surface area contributed by atoms with Gasteiger partial charge in [0.25, 0.3) is 0 Å². The van der Waals surface area contributed by atoms with E-state index in [1.54, 1.807) is 0 Å². The molecule has 0 atom stereocenters. The summed E-state index contributed by atoms with van der Waals surface area (Å²) in [6, 6.07) is 16.7. The largest absolute Gasteiger partial charge is 0.378 e. The molecule has 0 saturated carbocycles. The van der Waals surface area contributed by atoms with Gasteiger partial charge in [0.15, 0.2) is 0 Å². The van der Waals surface area contributed by atoms with E-state index in [4.69, 9.17) is 12.2 Å². The van der Waals surface area contributed by atoms with Crippen molar-refractivity contribution in [3.05, 3.63) is 59.7 Å². The van der Waals surface area contributed by atoms with Crippen LogP contribution in [0.2, 0.25) is 0 Å². The third-order valence-corrected chi connectivity index (χ3v) is 3.76. The third-order valence-electron chi connectivity index (χ3n) is 3.29. The SMILES string of the molecule is CN(C)c1ccc(C(=S)c2ccc(N(C)C)cc2)cc1. The molecule has 2 rings (SSSR count). The molecule has 0 unspecified atom stereocenters. The molecule has 0 aliphatic carbocycles. The Hall–Kier alpha value is -1.87. The third kappa shape index (κ3) is 3.17. The van der Waals surface area contributed by atoms with Crippen LogP contribution in [0, 0.1) is 0 Å². The Morgan fingerprint density at radius 2 is 0.950 bits per heavy atom. The van der Waals surface area contributed by atoms with Crippen LogP contribution < -0.4 is 9.80 Å². The summed E-state index contributed by atoms with van der Waals surface area (Å²) in [5.74, 6) is 0. The average Bonchev–Trinajstić information content (AvgIpc) is 2.46. The second-order valence-corrected chi connectivity index (χ2v) is 5.62. The second-order valence-electron chi connectivity index (χ2n) is 5.21. The van der Waals surface area contributed by atoms with E-state index >= 15 is 0 Å². The highest BCUT2D eigenvalue weighted by atomic mass is 32.1. The molecular formula is C17H20N2S. The fourth-order valence-corrected chi connectivity index (χ4v) is 2.26. The molecule has 0 bridgehead atoms. The van der Waals surface area contributed by atoms with Crippen LogP contribution >= 0.6 is 12.2 Å². The lowest BCUT2D eigenvalue weighted by atomic mass is 10.0. The maximum absolute atomic E-state index is 5.58. The van der Waals surface area contributed by atoms with Gasteiger partial charge in [-0.1, -0.05) is 36.5 Å². The highest BCUT2D eigenvalue weighted by molar-refractivity contribution is 7.81. The minimum Gasteiger partial charge on any atom is -0.378 e. The van der Waals surface area contributed by atoms with Crippen LogP contribution in [-0.4, -0.2) is 33.1 Å². The monoisotopic (exact) mass is 284 g/mol. The molecule has 0 N–H and O–H groups in total. The summed E-state index contributed by atoms with van der Waals surface area (Å²) in [5.41, 5.74) is 4.53. The first-order valence-corrected chi connectivity index (χ1v) is 6.99. The molecule has 0 saturated heterocycles. The first-order chi connectivity index (χ1) is 9.49. The molecule has 0 spiro atoms. The highest BCUT2D eigenvalue weighted by Crippen LogP contribution is 2.18. The van der Waals surface area contributed by atoms with Crippen molar-refractivity contribution >= 4 is 28.5 Å². The Morgan fingerprint density at radius 1 is 0.650 bits per heavy atom. The van der Waals surface area contributed by atoms with Crippen LogP contribution in [0.4, 0.5) is 11.4 Å². The van der Waals surface area contributed by atoms with Gasteiger partial charge in [0.2, 0.25) is 0 Å². The van der Waals surface area contributed by atoms with Crippen LogP contribution in [0.3, 0.4) is 0 Å². The first-order valence-electron chi connectivity index (χ1n) is 6.58. The van der Waals surface area contributed by atoms with E-state index < -0.39 is 0 Å². The molecular weight excluding hydrogens is 264 g/mol. The van der Waals surface area contributed by atoms with E-state index in [2.05, 4.69) is 58.3 Å². The minimum absolute atomic E-state index is 0.889. The Balaban J connectivity index is 2.22. The van der Waals surface area contributed by atoms with Crippen molar-refractivity contribution in [1.29, 1.82) is 0 Å². The van der Waals surface area contributed by atoms with Crippen LogP contribution in [0.25, 0.3) is 0 Å². The molecule has 0 aliphatic heterocycles. The zero-order chi connectivity index (χ0) is 14.7. The number of thiocarbonyl (C=S) groups is 1. The minimum atomic E-state index is 0.889. The maximum Gasteiger partial charge on any atom is 0.0521 e. The van der Waals surface area contributed by atoms with Crippen LogP contribution in [0.1, 0.15) is 11.1 Å². The quantitative estimate of drug-likeness (QED) is 0.626. The van der Waals surface area contributed by atoms with E-state index in [1.165, 1.54) is 11.4 Å². The van der Waals surface area contributed by atoms with Crippen molar-refractivity contribution in [2.24, 2.45) is 0 Å². The van der Waals surface area contributed by atoms with Gasteiger partial charge < -0.3 is 9.80 Å². The summed E-state index contributed by atoms with van der Waals surface area (Å²) in [5, 5.41) is 0. The number of benzene rings is 2. The van der Waals surface area contributed by atoms with Gasteiger partial charge >= 0.3 is 0 Å².